The number of fused-ring (bicyclic) bond motifs is 2. The van der Waals surface area contributed by atoms with E-state index in [1.807, 2.05) is 13.8 Å². The Labute approximate surface area is 198 Å². The molecule has 0 aliphatic heterocycles. The zero-order valence-electron chi connectivity index (χ0n) is 20.8. The number of rotatable bonds is 3. The average molecular weight is 467 g/mol. The highest BCUT2D eigenvalue weighted by molar-refractivity contribution is 6.30. The second-order valence-corrected chi connectivity index (χ2v) is 14.3. The van der Waals surface area contributed by atoms with Crippen LogP contribution in [0.2, 0.25) is 0 Å². The molecule has 2 spiro atoms. The van der Waals surface area contributed by atoms with Gasteiger partial charge in [-0.1, -0.05) is 41.5 Å². The number of hydrogen-bond acceptors (Lipinski definition) is 4. The number of aliphatic hydroxyl groups excluding tert-OH is 2. The Morgan fingerprint density at radius 3 is 2.38 bits per heavy atom. The lowest BCUT2D eigenvalue weighted by atomic mass is 9.42. The van der Waals surface area contributed by atoms with Crippen molar-refractivity contribution in [1.82, 2.24) is 0 Å². The third-order valence-corrected chi connectivity index (χ3v) is 12.5. The molecule has 5 saturated carbocycles. The molecule has 0 aromatic rings. The van der Waals surface area contributed by atoms with E-state index in [0.29, 0.717) is 5.92 Å². The zero-order chi connectivity index (χ0) is 23.5. The molecule has 5 heteroatoms. The van der Waals surface area contributed by atoms with E-state index >= 15 is 0 Å². The van der Waals surface area contributed by atoms with Gasteiger partial charge in [-0.2, -0.15) is 0 Å². The van der Waals surface area contributed by atoms with Crippen molar-refractivity contribution in [2.45, 2.75) is 117 Å². The molecular weight excluding hydrogens is 424 g/mol. The van der Waals surface area contributed by atoms with Gasteiger partial charge in [0.1, 0.15) is 11.5 Å². The predicted octanol–water partition coefficient (Wildman–Crippen LogP) is 5.32. The van der Waals surface area contributed by atoms with Gasteiger partial charge in [0.15, 0.2) is 0 Å². The first-order chi connectivity index (χ1) is 14.7. The minimum absolute atomic E-state index is 0.0471. The van der Waals surface area contributed by atoms with Gasteiger partial charge in [0.25, 0.3) is 0 Å². The molecule has 5 aliphatic rings. The van der Waals surface area contributed by atoms with Crippen molar-refractivity contribution in [2.75, 3.05) is 0 Å². The van der Waals surface area contributed by atoms with Crippen LogP contribution in [0.15, 0.2) is 0 Å². The Kier molecular flexibility index (Phi) is 5.04. The third kappa shape index (κ3) is 2.72. The summed E-state index contributed by atoms with van der Waals surface area (Å²) >= 11 is 6.31. The number of carbonyl (C=O) groups excluding carboxylic acids is 1. The molecule has 4 unspecified atom stereocenters. The van der Waals surface area contributed by atoms with E-state index in [1.165, 1.54) is 12.8 Å². The van der Waals surface area contributed by atoms with Crippen molar-refractivity contribution >= 4 is 17.6 Å². The number of aliphatic hydroxyl groups is 2. The van der Waals surface area contributed by atoms with Crippen molar-refractivity contribution < 1.29 is 19.7 Å². The van der Waals surface area contributed by atoms with Crippen LogP contribution >= 0.6 is 11.6 Å². The van der Waals surface area contributed by atoms with E-state index in [2.05, 4.69) is 27.7 Å². The lowest BCUT2D eigenvalue weighted by Gasteiger charge is -2.63. The van der Waals surface area contributed by atoms with Gasteiger partial charge in [-0.3, -0.25) is 4.79 Å². The van der Waals surface area contributed by atoms with Gasteiger partial charge in [0.2, 0.25) is 0 Å². The van der Waals surface area contributed by atoms with Gasteiger partial charge < -0.3 is 14.9 Å². The quantitative estimate of drug-likeness (QED) is 0.436. The highest BCUT2D eigenvalue weighted by Gasteiger charge is 2.83. The van der Waals surface area contributed by atoms with Gasteiger partial charge in [-0.25, -0.2) is 0 Å². The molecule has 0 saturated heterocycles. The Balaban J connectivity index is 1.44. The van der Waals surface area contributed by atoms with E-state index in [9.17, 15) is 15.0 Å². The molecule has 5 rings (SSSR count). The summed E-state index contributed by atoms with van der Waals surface area (Å²) in [5.74, 6) is 0.415. The summed E-state index contributed by atoms with van der Waals surface area (Å²) < 4.78 is 6.00. The van der Waals surface area contributed by atoms with Crippen molar-refractivity contribution in [1.29, 1.82) is 0 Å². The maximum absolute atomic E-state index is 12.6. The van der Waals surface area contributed by atoms with Crippen molar-refractivity contribution in [2.24, 2.45) is 44.8 Å². The van der Waals surface area contributed by atoms with Crippen LogP contribution in [-0.4, -0.2) is 39.9 Å². The molecule has 2 N–H and O–H groups in total. The molecular formula is C27H43ClO4. The summed E-state index contributed by atoms with van der Waals surface area (Å²) in [5.41, 5.74) is 0.386. The Morgan fingerprint density at radius 1 is 1.03 bits per heavy atom. The van der Waals surface area contributed by atoms with E-state index in [0.717, 1.165) is 38.5 Å². The van der Waals surface area contributed by atoms with Crippen molar-refractivity contribution in [3.63, 3.8) is 0 Å². The van der Waals surface area contributed by atoms with Crippen LogP contribution in [0.5, 0.6) is 0 Å². The highest BCUT2D eigenvalue weighted by atomic mass is 35.5. The number of hydrogen-bond donors (Lipinski definition) is 2. The number of halogens is 1. The molecule has 182 valence electrons. The monoisotopic (exact) mass is 466 g/mol. The maximum atomic E-state index is 12.6. The summed E-state index contributed by atoms with van der Waals surface area (Å²) in [6, 6.07) is 0. The lowest BCUT2D eigenvalue weighted by Crippen LogP contribution is -2.60. The van der Waals surface area contributed by atoms with Gasteiger partial charge >= 0.3 is 5.97 Å². The van der Waals surface area contributed by atoms with Crippen molar-refractivity contribution in [3.05, 3.63) is 0 Å². The minimum atomic E-state index is -0.593. The molecule has 4 nitrogen and oxygen atoms in total. The number of carbonyl (C=O) groups is 1. The summed E-state index contributed by atoms with van der Waals surface area (Å²) in [6.07, 6.45) is 7.30. The molecule has 10 atom stereocenters. The largest absolute Gasteiger partial charge is 0.461 e. The zero-order valence-corrected chi connectivity index (χ0v) is 21.5. The Hall–Kier alpha value is -0.320. The third-order valence-electron chi connectivity index (χ3n) is 11.8. The first-order valence-corrected chi connectivity index (χ1v) is 13.4. The number of alkyl halides is 1. The van der Waals surface area contributed by atoms with Crippen LogP contribution in [0.25, 0.3) is 0 Å². The summed E-state index contributed by atoms with van der Waals surface area (Å²) in [7, 11) is 0. The molecule has 5 fully saturated rings. The molecule has 0 heterocycles. The second kappa shape index (κ2) is 6.88. The first-order valence-electron chi connectivity index (χ1n) is 12.9. The van der Waals surface area contributed by atoms with Gasteiger partial charge in [0.05, 0.1) is 12.2 Å². The van der Waals surface area contributed by atoms with E-state index in [1.54, 1.807) is 0 Å². The summed E-state index contributed by atoms with van der Waals surface area (Å²) in [6.45, 7) is 13.1. The molecule has 0 amide bonds. The fourth-order valence-electron chi connectivity index (χ4n) is 10.00. The first kappa shape index (κ1) is 23.4. The molecule has 0 aromatic carbocycles. The van der Waals surface area contributed by atoms with E-state index in [4.69, 9.17) is 16.3 Å². The van der Waals surface area contributed by atoms with Crippen LogP contribution in [0.1, 0.15) is 92.9 Å². The van der Waals surface area contributed by atoms with Crippen molar-refractivity contribution in [3.8, 4) is 0 Å². The molecule has 5 aliphatic carbocycles. The minimum Gasteiger partial charge on any atom is -0.461 e. The SMILES string of the molecule is CC(C)[C@@H](Cl)C(=O)O[C@@H]1CC2(C)CCC34C[C@@]35CC[C@H](O)C(C)(C)C5[C@@H](O)CC4[C@]2(C)C1. The van der Waals surface area contributed by atoms with E-state index in [-0.39, 0.29) is 63.2 Å². The number of ether oxygens (including phenoxy) is 1. The van der Waals surface area contributed by atoms with Crippen LogP contribution < -0.4 is 0 Å². The Bertz CT molecular complexity index is 811. The lowest BCUT2D eigenvalue weighted by molar-refractivity contribution is -0.193. The van der Waals surface area contributed by atoms with Crippen LogP contribution in [0, 0.1) is 44.8 Å². The highest BCUT2D eigenvalue weighted by Crippen LogP contribution is 2.88. The normalized spacial score (nSPS) is 54.1. The Morgan fingerprint density at radius 2 is 1.72 bits per heavy atom. The molecule has 0 bridgehead atoms. The van der Waals surface area contributed by atoms with Crippen LogP contribution in [0.4, 0.5) is 0 Å². The fourth-order valence-corrected chi connectivity index (χ4v) is 10.0. The summed E-state index contributed by atoms with van der Waals surface area (Å²) in [4.78, 5) is 12.6. The van der Waals surface area contributed by atoms with Crippen LogP contribution in [0.3, 0.4) is 0 Å². The number of esters is 1. The van der Waals surface area contributed by atoms with E-state index < -0.39 is 5.38 Å². The fraction of sp³-hybridized carbons (Fsp3) is 0.963. The molecule has 0 radical (unpaired) electrons. The second-order valence-electron chi connectivity index (χ2n) is 13.8. The molecule has 32 heavy (non-hydrogen) atoms. The van der Waals surface area contributed by atoms with Gasteiger partial charge in [-0.05, 0) is 96.2 Å². The van der Waals surface area contributed by atoms with Crippen LogP contribution in [-0.2, 0) is 9.53 Å². The summed E-state index contributed by atoms with van der Waals surface area (Å²) in [5, 5.41) is 21.7. The predicted molar refractivity (Wildman–Crippen MR) is 125 cm³/mol. The topological polar surface area (TPSA) is 66.8 Å². The smallest absolute Gasteiger partial charge is 0.324 e. The average Bonchev–Trinajstić information content (AvgIpc) is 3.26. The van der Waals surface area contributed by atoms with Gasteiger partial charge in [0, 0.05) is 0 Å². The standard InChI is InChI=1S/C27H43ClO4/c1-15(2)20(28)22(31)32-16-12-24(5)9-10-26-14-27(26)8-7-19(30)23(3,4)21(27)17(29)11-18(26)25(24,6)13-16/h15-21,29-30H,7-14H2,1-6H3/t16-,17+,18?,19+,20-,21?,24?,25+,26?,27-/m1/s1. The maximum Gasteiger partial charge on any atom is 0.324 e. The van der Waals surface area contributed by atoms with Gasteiger partial charge in [-0.15, -0.1) is 11.6 Å². The molecule has 0 aromatic heterocycles.